The Morgan fingerprint density at radius 1 is 1.13 bits per heavy atom. The van der Waals surface area contributed by atoms with Crippen LogP contribution in [0.25, 0.3) is 0 Å². The van der Waals surface area contributed by atoms with Gasteiger partial charge in [0.25, 0.3) is 0 Å². The van der Waals surface area contributed by atoms with Gasteiger partial charge in [-0.25, -0.2) is 0 Å². The third-order valence-electron chi connectivity index (χ3n) is 2.30. The van der Waals surface area contributed by atoms with Crippen LogP contribution in [0.3, 0.4) is 0 Å². The van der Waals surface area contributed by atoms with Gasteiger partial charge in [-0.2, -0.15) is 0 Å². The highest BCUT2D eigenvalue weighted by atomic mass is 16.5. The topological polar surface area (TPSA) is 30.5 Å². The van der Waals surface area contributed by atoms with Crippen LogP contribution in [0.2, 0.25) is 0 Å². The Morgan fingerprint density at radius 3 is 2.20 bits per heavy atom. The van der Waals surface area contributed by atoms with Gasteiger partial charge in [-0.05, 0) is 37.1 Å². The fourth-order valence-corrected chi connectivity index (χ4v) is 1.67. The lowest BCUT2D eigenvalue weighted by Gasteiger charge is -2.12. The molecule has 0 unspecified atom stereocenters. The van der Waals surface area contributed by atoms with Crippen LogP contribution in [0, 0.1) is 13.8 Å². The predicted octanol–water partition coefficient (Wildman–Crippen LogP) is 2.37. The van der Waals surface area contributed by atoms with Crippen molar-refractivity contribution in [2.24, 2.45) is 0 Å². The van der Waals surface area contributed by atoms with E-state index in [1.807, 2.05) is 13.8 Å². The van der Waals surface area contributed by atoms with Gasteiger partial charge >= 0.3 is 0 Å². The lowest BCUT2D eigenvalue weighted by atomic mass is 10.1. The van der Waals surface area contributed by atoms with Gasteiger partial charge in [0.05, 0.1) is 13.7 Å². The fourth-order valence-electron chi connectivity index (χ4n) is 1.67. The zero-order chi connectivity index (χ0) is 11.3. The number of ether oxygens (including phenoxy) is 2. The van der Waals surface area contributed by atoms with E-state index in [0.717, 1.165) is 29.1 Å². The highest BCUT2D eigenvalue weighted by molar-refractivity contribution is 5.55. The number of hydrogen-bond donors (Lipinski definition) is 1. The Labute approximate surface area is 91.4 Å². The van der Waals surface area contributed by atoms with E-state index in [1.54, 1.807) is 14.2 Å². The van der Waals surface area contributed by atoms with Gasteiger partial charge in [0, 0.05) is 19.3 Å². The monoisotopic (exact) mass is 209 g/mol. The minimum atomic E-state index is 0.712. The maximum absolute atomic E-state index is 5.30. The quantitative estimate of drug-likeness (QED) is 0.755. The number of nitrogens with one attached hydrogen (secondary N) is 1. The summed E-state index contributed by atoms with van der Waals surface area (Å²) in [5.74, 6) is 0.965. The fraction of sp³-hybridized carbons (Fsp3) is 0.500. The second-order valence-electron chi connectivity index (χ2n) is 3.56. The minimum Gasteiger partial charge on any atom is -0.496 e. The van der Waals surface area contributed by atoms with Crippen LogP contribution in [0.5, 0.6) is 5.75 Å². The van der Waals surface area contributed by atoms with Crippen molar-refractivity contribution in [1.29, 1.82) is 0 Å². The molecule has 0 amide bonds. The molecule has 0 aliphatic rings. The summed E-state index contributed by atoms with van der Waals surface area (Å²) in [6.07, 6.45) is 0. The molecule has 0 spiro atoms. The zero-order valence-corrected chi connectivity index (χ0v) is 9.89. The van der Waals surface area contributed by atoms with Crippen LogP contribution in [-0.2, 0) is 4.74 Å². The second kappa shape index (κ2) is 5.61. The smallest absolute Gasteiger partial charge is 0.124 e. The van der Waals surface area contributed by atoms with Gasteiger partial charge in [0.2, 0.25) is 0 Å². The van der Waals surface area contributed by atoms with Gasteiger partial charge < -0.3 is 14.8 Å². The van der Waals surface area contributed by atoms with E-state index in [1.165, 1.54) is 0 Å². The molecule has 84 valence electrons. The molecule has 3 heteroatoms. The van der Waals surface area contributed by atoms with Gasteiger partial charge in [-0.1, -0.05) is 0 Å². The Morgan fingerprint density at radius 2 is 1.73 bits per heavy atom. The number of aryl methyl sites for hydroxylation is 2. The van der Waals surface area contributed by atoms with E-state index in [4.69, 9.17) is 9.47 Å². The van der Waals surface area contributed by atoms with E-state index in [0.29, 0.717) is 6.61 Å². The Balaban J connectivity index is 2.75. The van der Waals surface area contributed by atoms with Crippen molar-refractivity contribution in [2.75, 3.05) is 32.7 Å². The van der Waals surface area contributed by atoms with E-state index in [9.17, 15) is 0 Å². The first-order valence-corrected chi connectivity index (χ1v) is 5.07. The van der Waals surface area contributed by atoms with Gasteiger partial charge in [0.15, 0.2) is 0 Å². The molecule has 0 bridgehead atoms. The predicted molar refractivity (Wildman–Crippen MR) is 62.8 cm³/mol. The summed E-state index contributed by atoms with van der Waals surface area (Å²) in [7, 11) is 3.40. The summed E-state index contributed by atoms with van der Waals surface area (Å²) >= 11 is 0. The van der Waals surface area contributed by atoms with Gasteiger partial charge in [-0.3, -0.25) is 0 Å². The molecule has 0 saturated heterocycles. The zero-order valence-electron chi connectivity index (χ0n) is 9.89. The van der Waals surface area contributed by atoms with Crippen LogP contribution in [-0.4, -0.2) is 27.4 Å². The van der Waals surface area contributed by atoms with Crippen LogP contribution in [0.1, 0.15) is 11.1 Å². The molecule has 0 heterocycles. The van der Waals surface area contributed by atoms with Gasteiger partial charge in [-0.15, -0.1) is 0 Å². The second-order valence-corrected chi connectivity index (χ2v) is 3.56. The van der Waals surface area contributed by atoms with Gasteiger partial charge in [0.1, 0.15) is 5.75 Å². The maximum Gasteiger partial charge on any atom is 0.124 e. The summed E-state index contributed by atoms with van der Waals surface area (Å²) in [6, 6.07) is 4.17. The number of hydrogen-bond acceptors (Lipinski definition) is 3. The molecule has 1 aromatic rings. The molecule has 3 nitrogen and oxygen atoms in total. The number of methoxy groups -OCH3 is 2. The van der Waals surface area contributed by atoms with E-state index in [-0.39, 0.29) is 0 Å². The number of anilines is 1. The lowest BCUT2D eigenvalue weighted by Crippen LogP contribution is -2.08. The summed E-state index contributed by atoms with van der Waals surface area (Å²) in [6.45, 7) is 5.63. The Bertz CT molecular complexity index is 300. The van der Waals surface area contributed by atoms with Crippen LogP contribution >= 0.6 is 0 Å². The standard InChI is InChI=1S/C12H19NO2/c1-9-7-11(13-5-6-14-3)8-10(2)12(9)15-4/h7-8,13H,5-6H2,1-4H3. The maximum atomic E-state index is 5.30. The van der Waals surface area contributed by atoms with Crippen molar-refractivity contribution >= 4 is 5.69 Å². The molecular formula is C12H19NO2. The van der Waals surface area contributed by atoms with Crippen molar-refractivity contribution in [2.45, 2.75) is 13.8 Å². The highest BCUT2D eigenvalue weighted by Gasteiger charge is 2.04. The summed E-state index contributed by atoms with van der Waals surface area (Å²) in [4.78, 5) is 0. The van der Waals surface area contributed by atoms with E-state index >= 15 is 0 Å². The molecule has 0 aliphatic carbocycles. The molecular weight excluding hydrogens is 190 g/mol. The Hall–Kier alpha value is -1.22. The highest BCUT2D eigenvalue weighted by Crippen LogP contribution is 2.26. The first kappa shape index (κ1) is 11.9. The van der Waals surface area contributed by atoms with E-state index in [2.05, 4.69) is 17.4 Å². The minimum absolute atomic E-state index is 0.712. The molecule has 1 N–H and O–H groups in total. The van der Waals surface area contributed by atoms with Crippen molar-refractivity contribution in [3.05, 3.63) is 23.3 Å². The normalized spacial score (nSPS) is 10.1. The average Bonchev–Trinajstić information content (AvgIpc) is 2.18. The molecule has 1 rings (SSSR count). The molecule has 0 fully saturated rings. The summed E-state index contributed by atoms with van der Waals surface area (Å²) < 4.78 is 10.3. The summed E-state index contributed by atoms with van der Waals surface area (Å²) in [5, 5.41) is 3.30. The third-order valence-corrected chi connectivity index (χ3v) is 2.30. The molecule has 0 aliphatic heterocycles. The van der Waals surface area contributed by atoms with Crippen molar-refractivity contribution in [1.82, 2.24) is 0 Å². The SMILES string of the molecule is COCCNc1cc(C)c(OC)c(C)c1. The molecule has 0 atom stereocenters. The van der Waals surface area contributed by atoms with Crippen LogP contribution < -0.4 is 10.1 Å². The van der Waals surface area contributed by atoms with Crippen molar-refractivity contribution in [3.8, 4) is 5.75 Å². The van der Waals surface area contributed by atoms with E-state index < -0.39 is 0 Å². The van der Waals surface area contributed by atoms with Crippen LogP contribution in [0.15, 0.2) is 12.1 Å². The first-order valence-electron chi connectivity index (χ1n) is 5.07. The largest absolute Gasteiger partial charge is 0.496 e. The summed E-state index contributed by atoms with van der Waals surface area (Å²) in [5.41, 5.74) is 3.41. The number of rotatable bonds is 5. The van der Waals surface area contributed by atoms with Crippen molar-refractivity contribution < 1.29 is 9.47 Å². The number of benzene rings is 1. The Kier molecular flexibility index (Phi) is 4.43. The molecule has 0 radical (unpaired) electrons. The molecule has 15 heavy (non-hydrogen) atoms. The van der Waals surface area contributed by atoms with Crippen molar-refractivity contribution in [3.63, 3.8) is 0 Å². The first-order chi connectivity index (χ1) is 7.19. The third kappa shape index (κ3) is 3.13. The van der Waals surface area contributed by atoms with Crippen LogP contribution in [0.4, 0.5) is 5.69 Å². The average molecular weight is 209 g/mol. The lowest BCUT2D eigenvalue weighted by molar-refractivity contribution is 0.211. The molecule has 0 aromatic heterocycles. The molecule has 0 saturated carbocycles. The molecule has 1 aromatic carbocycles.